The van der Waals surface area contributed by atoms with Gasteiger partial charge in [0.15, 0.2) is 29.3 Å². The Balaban J connectivity index is 1.12. The first-order valence-electron chi connectivity index (χ1n) is 15.6. The molecule has 16 nitrogen and oxygen atoms in total. The van der Waals surface area contributed by atoms with Crippen molar-refractivity contribution in [3.63, 3.8) is 0 Å². The van der Waals surface area contributed by atoms with E-state index < -0.39 is 74.6 Å². The monoisotopic (exact) mass is 682 g/mol. The van der Waals surface area contributed by atoms with Gasteiger partial charge in [0.25, 0.3) is 0 Å². The molecule has 0 saturated carbocycles. The Kier molecular flexibility index (Phi) is 10.6. The van der Waals surface area contributed by atoms with Crippen molar-refractivity contribution in [1.29, 1.82) is 0 Å². The minimum Gasteiger partial charge on any atom is -0.504 e. The highest BCUT2D eigenvalue weighted by Gasteiger charge is 2.50. The van der Waals surface area contributed by atoms with Crippen molar-refractivity contribution in [1.82, 2.24) is 0 Å². The van der Waals surface area contributed by atoms with Gasteiger partial charge in [-0.1, -0.05) is 12.1 Å². The second-order valence-electron chi connectivity index (χ2n) is 12.3. The standard InChI is InChI=1S/C32H42O16/c1-41-19-7-13(3-5-17(19)34)29-15-10-44-30(16(15)11-43-29)14-4-6-18(20(8-14)42-2)46-32-28(40)26(38)24(36)22(48-32)12-45-31-27(39)25(37)23(35)21(9-33)47-31/h3-8,15-16,21-40H,9-12H2,1-2H3/t15-,16-,21+,22+,23-,24+,25-,26-,27+,28+,29+,30+,31+,32+/m0/s1. The Morgan fingerprint density at radius 3 is 1.79 bits per heavy atom. The largest absolute Gasteiger partial charge is 0.504 e. The minimum absolute atomic E-state index is 0.0239. The molecule has 4 heterocycles. The highest BCUT2D eigenvalue weighted by Crippen LogP contribution is 2.51. The molecule has 0 amide bonds. The number of aliphatic hydroxyl groups is 7. The van der Waals surface area contributed by atoms with Crippen LogP contribution in [0.1, 0.15) is 23.3 Å². The van der Waals surface area contributed by atoms with Crippen LogP contribution in [-0.2, 0) is 23.7 Å². The summed E-state index contributed by atoms with van der Waals surface area (Å²) in [7, 11) is 2.92. The lowest BCUT2D eigenvalue weighted by Crippen LogP contribution is -2.62. The topological polar surface area (TPSA) is 236 Å². The Bertz CT molecular complexity index is 1390. The van der Waals surface area contributed by atoms with Gasteiger partial charge < -0.3 is 78.7 Å². The fraction of sp³-hybridized carbons (Fsp3) is 0.625. The van der Waals surface area contributed by atoms with Crippen molar-refractivity contribution in [3.05, 3.63) is 47.5 Å². The number of fused-ring (bicyclic) bond motifs is 1. The molecule has 16 heteroatoms. The normalized spacial score (nSPS) is 39.6. The van der Waals surface area contributed by atoms with Gasteiger partial charge in [-0.05, 0) is 35.4 Å². The summed E-state index contributed by atoms with van der Waals surface area (Å²) >= 11 is 0. The smallest absolute Gasteiger partial charge is 0.229 e. The van der Waals surface area contributed by atoms with Crippen molar-refractivity contribution >= 4 is 0 Å². The van der Waals surface area contributed by atoms with Crippen molar-refractivity contribution in [2.24, 2.45) is 11.8 Å². The van der Waals surface area contributed by atoms with Gasteiger partial charge in [-0.15, -0.1) is 0 Å². The number of methoxy groups -OCH3 is 2. The maximum Gasteiger partial charge on any atom is 0.229 e. The third-order valence-corrected chi connectivity index (χ3v) is 9.50. The second-order valence-corrected chi connectivity index (χ2v) is 12.3. The van der Waals surface area contributed by atoms with Gasteiger partial charge in [-0.3, -0.25) is 0 Å². The van der Waals surface area contributed by atoms with Crippen LogP contribution >= 0.6 is 0 Å². The van der Waals surface area contributed by atoms with Crippen LogP contribution in [0.25, 0.3) is 0 Å². The van der Waals surface area contributed by atoms with Crippen molar-refractivity contribution in [3.8, 4) is 23.0 Å². The SMILES string of the molecule is COc1cc([C@H]2OC[C@H]3[C@@H]2CO[C@@H]3c2ccc(O[C@@H]3O[C@H](CO[C@@H]4O[C@H](CO)[C@H](O)[C@H](O)[C@H]4O)[C@@H](O)[C@H](O)[C@H]3O)c(OC)c2)ccc1O. The van der Waals surface area contributed by atoms with Gasteiger partial charge in [0.2, 0.25) is 6.29 Å². The highest BCUT2D eigenvalue weighted by atomic mass is 16.7. The molecule has 2 aromatic rings. The van der Waals surface area contributed by atoms with E-state index in [1.165, 1.54) is 14.2 Å². The van der Waals surface area contributed by atoms with Gasteiger partial charge in [0.05, 0.1) is 52.9 Å². The third-order valence-electron chi connectivity index (χ3n) is 9.50. The van der Waals surface area contributed by atoms with Crippen LogP contribution in [0.2, 0.25) is 0 Å². The molecule has 8 N–H and O–H groups in total. The first-order chi connectivity index (χ1) is 23.1. The van der Waals surface area contributed by atoms with Crippen LogP contribution in [-0.4, -0.2) is 143 Å². The third kappa shape index (κ3) is 6.56. The quantitative estimate of drug-likeness (QED) is 0.142. The number of aromatic hydroxyl groups is 1. The first-order valence-corrected chi connectivity index (χ1v) is 15.6. The van der Waals surface area contributed by atoms with Gasteiger partial charge in [0, 0.05) is 11.8 Å². The van der Waals surface area contributed by atoms with E-state index >= 15 is 0 Å². The van der Waals surface area contributed by atoms with Crippen molar-refractivity contribution in [2.75, 3.05) is 40.6 Å². The summed E-state index contributed by atoms with van der Waals surface area (Å²) in [6.45, 7) is -0.269. The van der Waals surface area contributed by atoms with Gasteiger partial charge >= 0.3 is 0 Å². The zero-order valence-corrected chi connectivity index (χ0v) is 26.2. The minimum atomic E-state index is -1.72. The van der Waals surface area contributed by atoms with E-state index in [4.69, 9.17) is 37.9 Å². The van der Waals surface area contributed by atoms with E-state index in [2.05, 4.69) is 0 Å². The van der Waals surface area contributed by atoms with Crippen molar-refractivity contribution in [2.45, 2.75) is 73.6 Å². The Hall–Kier alpha value is -2.84. The Labute approximate surface area is 275 Å². The van der Waals surface area contributed by atoms with Crippen LogP contribution in [0.4, 0.5) is 0 Å². The maximum atomic E-state index is 10.7. The molecule has 0 aliphatic carbocycles. The molecule has 14 atom stereocenters. The summed E-state index contributed by atoms with van der Waals surface area (Å²) in [5.41, 5.74) is 1.67. The molecule has 48 heavy (non-hydrogen) atoms. The van der Waals surface area contributed by atoms with Crippen LogP contribution in [0, 0.1) is 11.8 Å². The number of rotatable bonds is 10. The average molecular weight is 683 g/mol. The van der Waals surface area contributed by atoms with Crippen LogP contribution in [0.5, 0.6) is 23.0 Å². The van der Waals surface area contributed by atoms with Gasteiger partial charge in [-0.2, -0.15) is 0 Å². The number of ether oxygens (including phenoxy) is 8. The molecule has 6 rings (SSSR count). The van der Waals surface area contributed by atoms with E-state index in [0.29, 0.717) is 19.0 Å². The lowest BCUT2D eigenvalue weighted by molar-refractivity contribution is -0.323. The molecular weight excluding hydrogens is 640 g/mol. The van der Waals surface area contributed by atoms with Gasteiger partial charge in [-0.25, -0.2) is 0 Å². The van der Waals surface area contributed by atoms with Gasteiger partial charge in [0.1, 0.15) is 48.8 Å². The molecule has 4 fully saturated rings. The summed E-state index contributed by atoms with van der Waals surface area (Å²) < 4.78 is 45.7. The number of aliphatic hydroxyl groups excluding tert-OH is 7. The molecule has 0 spiro atoms. The van der Waals surface area contributed by atoms with Crippen LogP contribution in [0.3, 0.4) is 0 Å². The lowest BCUT2D eigenvalue weighted by atomic mass is 9.85. The molecule has 0 aromatic heterocycles. The maximum absolute atomic E-state index is 10.7. The van der Waals surface area contributed by atoms with E-state index in [-0.39, 0.29) is 41.3 Å². The Morgan fingerprint density at radius 2 is 1.19 bits per heavy atom. The number of benzene rings is 2. The zero-order chi connectivity index (χ0) is 34.3. The van der Waals surface area contributed by atoms with E-state index in [0.717, 1.165) is 11.1 Å². The summed E-state index contributed by atoms with van der Waals surface area (Å²) in [5.74, 6) is 0.914. The number of phenolic OH excluding ortho intramolecular Hbond substituents is 1. The second kappa shape index (κ2) is 14.6. The molecule has 0 bridgehead atoms. The molecule has 0 unspecified atom stereocenters. The predicted molar refractivity (Wildman–Crippen MR) is 159 cm³/mol. The fourth-order valence-electron chi connectivity index (χ4n) is 6.74. The van der Waals surface area contributed by atoms with E-state index in [1.807, 2.05) is 0 Å². The Morgan fingerprint density at radius 1 is 0.646 bits per heavy atom. The molecule has 4 aliphatic rings. The summed E-state index contributed by atoms with van der Waals surface area (Å²) in [6, 6.07) is 10.3. The molecule has 4 aliphatic heterocycles. The molecular formula is C32H42O16. The summed E-state index contributed by atoms with van der Waals surface area (Å²) in [5, 5.41) is 81.5. The lowest BCUT2D eigenvalue weighted by Gasteiger charge is -2.42. The molecule has 266 valence electrons. The average Bonchev–Trinajstić information content (AvgIpc) is 3.71. The van der Waals surface area contributed by atoms with Crippen molar-refractivity contribution < 1.29 is 78.7 Å². The van der Waals surface area contributed by atoms with E-state index in [1.54, 1.807) is 36.4 Å². The van der Waals surface area contributed by atoms with E-state index in [9.17, 15) is 40.9 Å². The number of hydrogen-bond acceptors (Lipinski definition) is 16. The first kappa shape index (κ1) is 35.0. The fourth-order valence-corrected chi connectivity index (χ4v) is 6.74. The zero-order valence-electron chi connectivity index (χ0n) is 26.2. The molecule has 4 saturated heterocycles. The number of phenols is 1. The summed E-state index contributed by atoms with van der Waals surface area (Å²) in [4.78, 5) is 0. The van der Waals surface area contributed by atoms with Crippen LogP contribution < -0.4 is 14.2 Å². The molecule has 2 aromatic carbocycles. The predicted octanol–water partition coefficient (Wildman–Crippen LogP) is -1.51. The highest BCUT2D eigenvalue weighted by molar-refractivity contribution is 5.45. The van der Waals surface area contributed by atoms with Crippen LogP contribution in [0.15, 0.2) is 36.4 Å². The molecule has 0 radical (unpaired) electrons. The number of hydrogen-bond donors (Lipinski definition) is 8. The summed E-state index contributed by atoms with van der Waals surface area (Å²) in [6.07, 6.45) is -16.1.